The molecule has 0 aliphatic rings. The van der Waals surface area contributed by atoms with Gasteiger partial charge in [-0.1, -0.05) is 60.3 Å². The molecule has 0 aliphatic carbocycles. The first-order valence-electron chi connectivity index (χ1n) is 10.4. The van der Waals surface area contributed by atoms with Gasteiger partial charge in [0.2, 0.25) is 0 Å². The van der Waals surface area contributed by atoms with Crippen molar-refractivity contribution in [2.75, 3.05) is 5.75 Å². The molecular weight excluding hydrogens is 454 g/mol. The monoisotopic (exact) mass is 477 g/mol. The average molecular weight is 478 g/mol. The van der Waals surface area contributed by atoms with Gasteiger partial charge in [-0.25, -0.2) is 8.42 Å². The standard InChI is InChI=1S/C25H23N3O3S2/c1-18-13-14-20(15-19(18)2)23(29)16-32-25-27-26-24(28(25)21-9-5-3-6-10-21)17-33(30,31)22-11-7-4-8-12-22/h3-15H,16-17H2,1-2H3. The SMILES string of the molecule is Cc1ccc(C(=O)CSc2nnc(CS(=O)(=O)c3ccccc3)n2-c2ccccc2)cc1C. The van der Waals surface area contributed by atoms with Crippen molar-refractivity contribution in [1.29, 1.82) is 0 Å². The number of aryl methyl sites for hydroxylation is 2. The van der Waals surface area contributed by atoms with Crippen LogP contribution in [0.3, 0.4) is 0 Å². The summed E-state index contributed by atoms with van der Waals surface area (Å²) in [4.78, 5) is 13.0. The summed E-state index contributed by atoms with van der Waals surface area (Å²) < 4.78 is 27.6. The van der Waals surface area contributed by atoms with Crippen molar-refractivity contribution < 1.29 is 13.2 Å². The summed E-state index contributed by atoms with van der Waals surface area (Å²) in [5.74, 6) is 0.138. The molecule has 1 heterocycles. The van der Waals surface area contributed by atoms with Crippen molar-refractivity contribution in [2.24, 2.45) is 0 Å². The third-order valence-electron chi connectivity index (χ3n) is 5.30. The van der Waals surface area contributed by atoms with E-state index in [-0.39, 0.29) is 22.2 Å². The van der Waals surface area contributed by atoms with Crippen LogP contribution in [0.5, 0.6) is 0 Å². The van der Waals surface area contributed by atoms with E-state index in [2.05, 4.69) is 10.2 Å². The van der Waals surface area contributed by atoms with Crippen molar-refractivity contribution in [1.82, 2.24) is 14.8 Å². The minimum atomic E-state index is -3.61. The zero-order chi connectivity index (χ0) is 23.4. The Kier molecular flexibility index (Phi) is 6.76. The highest BCUT2D eigenvalue weighted by Gasteiger charge is 2.23. The number of rotatable bonds is 8. The molecule has 0 N–H and O–H groups in total. The third kappa shape index (κ3) is 5.23. The molecule has 0 bridgehead atoms. The molecule has 0 unspecified atom stereocenters. The van der Waals surface area contributed by atoms with Crippen LogP contribution < -0.4 is 0 Å². The summed E-state index contributed by atoms with van der Waals surface area (Å²) >= 11 is 1.24. The highest BCUT2D eigenvalue weighted by atomic mass is 32.2. The van der Waals surface area contributed by atoms with E-state index < -0.39 is 9.84 Å². The highest BCUT2D eigenvalue weighted by molar-refractivity contribution is 7.99. The fraction of sp³-hybridized carbons (Fsp3) is 0.160. The van der Waals surface area contributed by atoms with Crippen LogP contribution in [0, 0.1) is 13.8 Å². The minimum absolute atomic E-state index is 0.0239. The average Bonchev–Trinajstić information content (AvgIpc) is 3.22. The molecule has 0 amide bonds. The van der Waals surface area contributed by atoms with E-state index in [1.165, 1.54) is 11.8 Å². The molecule has 3 aromatic carbocycles. The predicted octanol–water partition coefficient (Wildman–Crippen LogP) is 4.83. The van der Waals surface area contributed by atoms with E-state index in [4.69, 9.17) is 0 Å². The molecule has 0 saturated carbocycles. The summed E-state index contributed by atoms with van der Waals surface area (Å²) in [5.41, 5.74) is 3.57. The lowest BCUT2D eigenvalue weighted by atomic mass is 10.0. The lowest BCUT2D eigenvalue weighted by Crippen LogP contribution is -2.11. The number of Topliss-reactive ketones (excluding diaryl/α,β-unsaturated/α-hetero) is 1. The second-order valence-electron chi connectivity index (χ2n) is 7.65. The lowest BCUT2D eigenvalue weighted by molar-refractivity contribution is 0.102. The van der Waals surface area contributed by atoms with Gasteiger partial charge in [-0.2, -0.15) is 0 Å². The largest absolute Gasteiger partial charge is 0.293 e. The van der Waals surface area contributed by atoms with Crippen molar-refractivity contribution in [3.63, 3.8) is 0 Å². The lowest BCUT2D eigenvalue weighted by Gasteiger charge is -2.11. The first kappa shape index (κ1) is 22.9. The number of aromatic nitrogens is 3. The Morgan fingerprint density at radius 3 is 2.21 bits per heavy atom. The van der Waals surface area contributed by atoms with Gasteiger partial charge in [0.1, 0.15) is 5.75 Å². The van der Waals surface area contributed by atoms with Crippen LogP contribution in [0.15, 0.2) is 88.9 Å². The Balaban J connectivity index is 1.63. The van der Waals surface area contributed by atoms with Crippen molar-refractivity contribution in [3.8, 4) is 5.69 Å². The van der Waals surface area contributed by atoms with E-state index in [9.17, 15) is 13.2 Å². The first-order chi connectivity index (χ1) is 15.8. The molecule has 0 saturated heterocycles. The van der Waals surface area contributed by atoms with Gasteiger partial charge < -0.3 is 0 Å². The van der Waals surface area contributed by atoms with Gasteiger partial charge in [-0.05, 0) is 55.3 Å². The molecule has 0 aliphatic heterocycles. The van der Waals surface area contributed by atoms with Crippen LogP contribution >= 0.6 is 11.8 Å². The molecule has 0 spiro atoms. The number of benzene rings is 3. The number of carbonyl (C=O) groups is 1. The maximum Gasteiger partial charge on any atom is 0.196 e. The third-order valence-corrected chi connectivity index (χ3v) is 7.86. The van der Waals surface area contributed by atoms with Crippen LogP contribution in [0.2, 0.25) is 0 Å². The van der Waals surface area contributed by atoms with Gasteiger partial charge in [0.25, 0.3) is 0 Å². The van der Waals surface area contributed by atoms with Gasteiger partial charge in [0, 0.05) is 11.3 Å². The van der Waals surface area contributed by atoms with Gasteiger partial charge >= 0.3 is 0 Å². The summed E-state index contributed by atoms with van der Waals surface area (Å²) in [6.07, 6.45) is 0. The van der Waals surface area contributed by atoms with E-state index in [0.717, 1.165) is 16.8 Å². The predicted molar refractivity (Wildman–Crippen MR) is 130 cm³/mol. The van der Waals surface area contributed by atoms with Gasteiger partial charge in [-0.3, -0.25) is 9.36 Å². The van der Waals surface area contributed by atoms with Crippen LogP contribution in [-0.4, -0.2) is 34.7 Å². The van der Waals surface area contributed by atoms with Gasteiger partial charge in [0.15, 0.2) is 26.6 Å². The number of sulfone groups is 1. The Bertz CT molecular complexity index is 1380. The van der Waals surface area contributed by atoms with Crippen LogP contribution in [-0.2, 0) is 15.6 Å². The zero-order valence-corrected chi connectivity index (χ0v) is 19.9. The number of nitrogens with zero attached hydrogens (tertiary/aromatic N) is 3. The molecule has 168 valence electrons. The highest BCUT2D eigenvalue weighted by Crippen LogP contribution is 2.25. The second kappa shape index (κ2) is 9.72. The number of hydrogen-bond donors (Lipinski definition) is 0. The number of thioether (sulfide) groups is 1. The molecule has 4 rings (SSSR count). The van der Waals surface area contributed by atoms with Crippen molar-refractivity contribution in [3.05, 3.63) is 101 Å². The number of ketones is 1. The molecule has 1 aromatic heterocycles. The maximum atomic E-state index is 13.0. The Morgan fingerprint density at radius 2 is 1.55 bits per heavy atom. The summed E-state index contributed by atoms with van der Waals surface area (Å²) in [6.45, 7) is 3.98. The van der Waals surface area contributed by atoms with E-state index in [1.807, 2.05) is 62.4 Å². The van der Waals surface area contributed by atoms with E-state index >= 15 is 0 Å². The van der Waals surface area contributed by atoms with Crippen LogP contribution in [0.4, 0.5) is 0 Å². The normalized spacial score (nSPS) is 11.5. The smallest absolute Gasteiger partial charge is 0.196 e. The van der Waals surface area contributed by atoms with Crippen LogP contribution in [0.25, 0.3) is 5.69 Å². The quantitative estimate of drug-likeness (QED) is 0.267. The first-order valence-corrected chi connectivity index (χ1v) is 13.0. The molecule has 4 aromatic rings. The van der Waals surface area contributed by atoms with Crippen molar-refractivity contribution >= 4 is 27.4 Å². The topological polar surface area (TPSA) is 81.9 Å². The molecule has 8 heteroatoms. The molecule has 0 fully saturated rings. The second-order valence-corrected chi connectivity index (χ2v) is 10.6. The molecular formula is C25H23N3O3S2. The number of carbonyl (C=O) groups excluding carboxylic acids is 1. The summed E-state index contributed by atoms with van der Waals surface area (Å²) in [7, 11) is -3.61. The fourth-order valence-corrected chi connectivity index (χ4v) is 5.46. The Labute approximate surface area is 197 Å². The van der Waals surface area contributed by atoms with E-state index in [0.29, 0.717) is 16.5 Å². The summed E-state index contributed by atoms with van der Waals surface area (Å²) in [6, 6.07) is 23.2. The number of hydrogen-bond acceptors (Lipinski definition) is 6. The fourth-order valence-electron chi connectivity index (χ4n) is 3.33. The van der Waals surface area contributed by atoms with Gasteiger partial charge in [-0.15, -0.1) is 10.2 Å². The van der Waals surface area contributed by atoms with Crippen molar-refractivity contribution in [2.45, 2.75) is 29.7 Å². The molecule has 33 heavy (non-hydrogen) atoms. The Morgan fingerprint density at radius 1 is 0.879 bits per heavy atom. The van der Waals surface area contributed by atoms with Crippen LogP contribution in [0.1, 0.15) is 27.3 Å². The minimum Gasteiger partial charge on any atom is -0.293 e. The zero-order valence-electron chi connectivity index (χ0n) is 18.3. The molecule has 0 atom stereocenters. The maximum absolute atomic E-state index is 13.0. The Hall–Kier alpha value is -3.23. The molecule has 6 nitrogen and oxygen atoms in total. The van der Waals surface area contributed by atoms with Gasteiger partial charge in [0.05, 0.1) is 10.6 Å². The molecule has 0 radical (unpaired) electrons. The van der Waals surface area contributed by atoms with E-state index in [1.54, 1.807) is 34.9 Å². The number of para-hydroxylation sites is 1. The summed E-state index contributed by atoms with van der Waals surface area (Å²) in [5, 5.41) is 8.88.